The minimum Gasteiger partial charge on any atom is -0.460 e. The summed E-state index contributed by atoms with van der Waals surface area (Å²) in [5, 5.41) is 2.84. The zero-order valence-corrected chi connectivity index (χ0v) is 9.74. The van der Waals surface area contributed by atoms with E-state index in [2.05, 4.69) is 5.32 Å². The summed E-state index contributed by atoms with van der Waals surface area (Å²) in [4.78, 5) is 11.2. The third-order valence-corrected chi connectivity index (χ3v) is 2.10. The Balaban J connectivity index is 2.22. The monoisotopic (exact) mass is 241 g/mol. The van der Waals surface area contributed by atoms with Gasteiger partial charge in [-0.3, -0.25) is 4.79 Å². The van der Waals surface area contributed by atoms with Gasteiger partial charge in [0.25, 0.3) is 0 Å². The molecule has 5 heteroatoms. The van der Waals surface area contributed by atoms with Crippen molar-refractivity contribution >= 4 is 5.97 Å². The minimum absolute atomic E-state index is 0.0442. The van der Waals surface area contributed by atoms with Crippen LogP contribution in [0.3, 0.4) is 0 Å². The van der Waals surface area contributed by atoms with Crippen molar-refractivity contribution in [3.05, 3.63) is 35.6 Å². The predicted molar refractivity (Wildman–Crippen MR) is 60.9 cm³/mol. The van der Waals surface area contributed by atoms with E-state index >= 15 is 0 Å². The SMILES string of the molecule is COCCNCC(=O)OCc1ccccc1F. The second kappa shape index (κ2) is 7.76. The second-order valence-electron chi connectivity index (χ2n) is 3.42. The van der Waals surface area contributed by atoms with E-state index in [4.69, 9.17) is 9.47 Å². The van der Waals surface area contributed by atoms with Crippen LogP contribution in [0, 0.1) is 5.82 Å². The van der Waals surface area contributed by atoms with Crippen LogP contribution >= 0.6 is 0 Å². The van der Waals surface area contributed by atoms with E-state index in [-0.39, 0.29) is 19.0 Å². The Hall–Kier alpha value is -1.46. The van der Waals surface area contributed by atoms with E-state index in [9.17, 15) is 9.18 Å². The van der Waals surface area contributed by atoms with Crippen LogP contribution in [0.4, 0.5) is 4.39 Å². The Kier molecular flexibility index (Phi) is 6.21. The molecule has 0 amide bonds. The zero-order chi connectivity index (χ0) is 12.5. The Morgan fingerprint density at radius 2 is 2.18 bits per heavy atom. The zero-order valence-electron chi connectivity index (χ0n) is 9.74. The number of carbonyl (C=O) groups is 1. The average Bonchev–Trinajstić information content (AvgIpc) is 2.34. The number of benzene rings is 1. The van der Waals surface area contributed by atoms with Gasteiger partial charge in [-0.05, 0) is 6.07 Å². The largest absolute Gasteiger partial charge is 0.460 e. The molecule has 94 valence electrons. The quantitative estimate of drug-likeness (QED) is 0.573. The van der Waals surface area contributed by atoms with Gasteiger partial charge in [0.2, 0.25) is 0 Å². The summed E-state index contributed by atoms with van der Waals surface area (Å²) in [5.41, 5.74) is 0.373. The van der Waals surface area contributed by atoms with Crippen molar-refractivity contribution < 1.29 is 18.7 Å². The van der Waals surface area contributed by atoms with Gasteiger partial charge >= 0.3 is 5.97 Å². The highest BCUT2D eigenvalue weighted by Gasteiger charge is 2.05. The number of carbonyl (C=O) groups excluding carboxylic acids is 1. The summed E-state index contributed by atoms with van der Waals surface area (Å²) in [7, 11) is 1.58. The van der Waals surface area contributed by atoms with E-state index in [0.29, 0.717) is 18.7 Å². The Bertz CT molecular complexity index is 357. The summed E-state index contributed by atoms with van der Waals surface area (Å²) >= 11 is 0. The van der Waals surface area contributed by atoms with Gasteiger partial charge < -0.3 is 14.8 Å². The van der Waals surface area contributed by atoms with Crippen LogP contribution in [0.25, 0.3) is 0 Å². The second-order valence-corrected chi connectivity index (χ2v) is 3.42. The Labute approximate surface area is 99.7 Å². The van der Waals surface area contributed by atoms with Crippen LogP contribution in [0.15, 0.2) is 24.3 Å². The lowest BCUT2D eigenvalue weighted by atomic mass is 10.2. The van der Waals surface area contributed by atoms with E-state index in [0.717, 1.165) is 0 Å². The predicted octanol–water partition coefficient (Wildman–Crippen LogP) is 1.10. The lowest BCUT2D eigenvalue weighted by molar-refractivity contribution is -0.143. The van der Waals surface area contributed by atoms with Gasteiger partial charge in [-0.25, -0.2) is 4.39 Å². The molecule has 0 atom stereocenters. The van der Waals surface area contributed by atoms with E-state index in [1.165, 1.54) is 6.07 Å². The number of methoxy groups -OCH3 is 1. The lowest BCUT2D eigenvalue weighted by Gasteiger charge is -2.06. The van der Waals surface area contributed by atoms with E-state index in [1.807, 2.05) is 0 Å². The number of nitrogens with one attached hydrogen (secondary N) is 1. The van der Waals surface area contributed by atoms with Crippen molar-refractivity contribution in [2.75, 3.05) is 26.8 Å². The standard InChI is InChI=1S/C12H16FNO3/c1-16-7-6-14-8-12(15)17-9-10-4-2-3-5-11(10)13/h2-5,14H,6-9H2,1H3. The molecule has 0 aliphatic carbocycles. The number of halogens is 1. The summed E-state index contributed by atoms with van der Waals surface area (Å²) in [6, 6.07) is 6.21. The smallest absolute Gasteiger partial charge is 0.320 e. The molecule has 0 bridgehead atoms. The molecule has 1 aromatic carbocycles. The highest BCUT2D eigenvalue weighted by Crippen LogP contribution is 2.07. The normalized spacial score (nSPS) is 10.2. The molecular formula is C12H16FNO3. The first kappa shape index (κ1) is 13.6. The molecule has 1 N–H and O–H groups in total. The van der Waals surface area contributed by atoms with Crippen LogP contribution in [0.5, 0.6) is 0 Å². The van der Waals surface area contributed by atoms with Crippen molar-refractivity contribution in [1.82, 2.24) is 5.32 Å². The summed E-state index contributed by atoms with van der Waals surface area (Å²) in [6.45, 7) is 1.15. The molecule has 0 spiro atoms. The summed E-state index contributed by atoms with van der Waals surface area (Å²) < 4.78 is 22.9. The van der Waals surface area contributed by atoms with Crippen molar-refractivity contribution in [2.45, 2.75) is 6.61 Å². The molecule has 0 fully saturated rings. The molecule has 0 radical (unpaired) electrons. The Morgan fingerprint density at radius 1 is 1.41 bits per heavy atom. The highest BCUT2D eigenvalue weighted by molar-refractivity contribution is 5.71. The average molecular weight is 241 g/mol. The summed E-state index contributed by atoms with van der Waals surface area (Å²) in [6.07, 6.45) is 0. The number of ether oxygens (including phenoxy) is 2. The van der Waals surface area contributed by atoms with Gasteiger partial charge in [0.15, 0.2) is 0 Å². The molecule has 1 aromatic rings. The number of esters is 1. The lowest BCUT2D eigenvalue weighted by Crippen LogP contribution is -2.27. The first-order valence-electron chi connectivity index (χ1n) is 5.32. The van der Waals surface area contributed by atoms with Crippen molar-refractivity contribution in [3.8, 4) is 0 Å². The maximum absolute atomic E-state index is 13.2. The van der Waals surface area contributed by atoms with Crippen LogP contribution in [0.1, 0.15) is 5.56 Å². The first-order chi connectivity index (χ1) is 8.24. The fraction of sp³-hybridized carbons (Fsp3) is 0.417. The van der Waals surface area contributed by atoms with Gasteiger partial charge in [0.1, 0.15) is 12.4 Å². The van der Waals surface area contributed by atoms with Crippen molar-refractivity contribution in [2.24, 2.45) is 0 Å². The van der Waals surface area contributed by atoms with Gasteiger partial charge in [-0.1, -0.05) is 18.2 Å². The molecule has 0 unspecified atom stereocenters. The van der Waals surface area contributed by atoms with Gasteiger partial charge in [-0.15, -0.1) is 0 Å². The maximum Gasteiger partial charge on any atom is 0.320 e. The number of hydrogen-bond acceptors (Lipinski definition) is 4. The molecule has 0 heterocycles. The van der Waals surface area contributed by atoms with Crippen LogP contribution in [-0.2, 0) is 20.9 Å². The van der Waals surface area contributed by atoms with Gasteiger partial charge in [-0.2, -0.15) is 0 Å². The molecule has 17 heavy (non-hydrogen) atoms. The summed E-state index contributed by atoms with van der Waals surface area (Å²) in [5.74, 6) is -0.781. The van der Waals surface area contributed by atoms with Gasteiger partial charge in [0.05, 0.1) is 13.2 Å². The van der Waals surface area contributed by atoms with Gasteiger partial charge in [0, 0.05) is 19.2 Å². The highest BCUT2D eigenvalue weighted by atomic mass is 19.1. The topological polar surface area (TPSA) is 47.6 Å². The Morgan fingerprint density at radius 3 is 2.88 bits per heavy atom. The molecular weight excluding hydrogens is 225 g/mol. The molecule has 4 nitrogen and oxygen atoms in total. The fourth-order valence-electron chi connectivity index (χ4n) is 1.19. The number of rotatable bonds is 7. The first-order valence-corrected chi connectivity index (χ1v) is 5.32. The molecule has 1 rings (SSSR count). The van der Waals surface area contributed by atoms with E-state index < -0.39 is 5.97 Å². The van der Waals surface area contributed by atoms with E-state index in [1.54, 1.807) is 25.3 Å². The van der Waals surface area contributed by atoms with Crippen LogP contribution in [-0.4, -0.2) is 32.8 Å². The number of hydrogen-bond donors (Lipinski definition) is 1. The fourth-order valence-corrected chi connectivity index (χ4v) is 1.19. The molecule has 0 aliphatic heterocycles. The molecule has 0 aromatic heterocycles. The minimum atomic E-state index is -0.413. The molecule has 0 aliphatic rings. The van der Waals surface area contributed by atoms with Crippen molar-refractivity contribution in [1.29, 1.82) is 0 Å². The molecule has 0 saturated carbocycles. The van der Waals surface area contributed by atoms with Crippen LogP contribution < -0.4 is 5.32 Å². The third-order valence-electron chi connectivity index (χ3n) is 2.10. The van der Waals surface area contributed by atoms with Crippen LogP contribution in [0.2, 0.25) is 0 Å². The third kappa shape index (κ3) is 5.42. The molecule has 0 saturated heterocycles. The van der Waals surface area contributed by atoms with Crippen molar-refractivity contribution in [3.63, 3.8) is 0 Å². The maximum atomic E-state index is 13.2.